The number of hydrogen-bond acceptors (Lipinski definition) is 21. The summed E-state index contributed by atoms with van der Waals surface area (Å²) in [6.45, 7) is 23.0. The molecule has 0 saturated carbocycles. The third kappa shape index (κ3) is 18.5. The number of benzene rings is 4. The Bertz CT molecular complexity index is 4640. The molecule has 2 atom stereocenters. The SMILES string of the molecule is CC(=O)N1Cc2cc(F)cnc2Nc2ccc(C3COCCO3)cc21.CC(C)(C)OC(=O)N1c2ccc(C3=COCCO3)cc2NCc2cc(F)cnc21.CC(C)(C)OC(=O)N1c2ccc(C3COCCO3)cc2NCc2cc(F)cnc21.CC(C)(C)OC(=O)N1c2ccc(Cl)cc2NCc2cc(F)cnc21. The first-order valence-electron chi connectivity index (χ1n) is 34.5. The molecule has 30 heteroatoms. The Morgan fingerprint density at radius 3 is 1.38 bits per heavy atom. The average molecular weight is 1490 g/mol. The molecule has 15 rings (SSSR count). The highest BCUT2D eigenvalue weighted by molar-refractivity contribution is 6.31. The van der Waals surface area contributed by atoms with E-state index in [1.54, 1.807) is 97.7 Å². The fourth-order valence-electron chi connectivity index (χ4n) is 12.1. The zero-order chi connectivity index (χ0) is 76.1. The number of carbonyl (C=O) groups is 4. The number of amides is 4. The fraction of sp³-hybridized carbons (Fsp3) is 0.351. The smallest absolute Gasteiger partial charge is 0.420 e. The van der Waals surface area contributed by atoms with Crippen molar-refractivity contribution in [1.29, 1.82) is 0 Å². The summed E-state index contributed by atoms with van der Waals surface area (Å²) < 4.78 is 105. The van der Waals surface area contributed by atoms with Gasteiger partial charge in [0.25, 0.3) is 0 Å². The van der Waals surface area contributed by atoms with Crippen LogP contribution in [-0.2, 0) is 73.6 Å². The predicted molar refractivity (Wildman–Crippen MR) is 394 cm³/mol. The molecular formula is C77H81ClF4N12O13. The van der Waals surface area contributed by atoms with Crippen LogP contribution >= 0.6 is 11.6 Å². The monoisotopic (exact) mass is 1490 g/mol. The van der Waals surface area contributed by atoms with Crippen LogP contribution < -0.4 is 40.9 Å². The second-order valence-corrected chi connectivity index (χ2v) is 28.8. The molecule has 7 aliphatic rings. The Morgan fingerprint density at radius 1 is 0.486 bits per heavy atom. The van der Waals surface area contributed by atoms with Gasteiger partial charge in [-0.2, -0.15) is 0 Å². The first kappa shape index (κ1) is 75.8. The molecule has 4 aromatic heterocycles. The van der Waals surface area contributed by atoms with Gasteiger partial charge in [0.05, 0.1) is 116 Å². The zero-order valence-electron chi connectivity index (χ0n) is 60.5. The van der Waals surface area contributed by atoms with Crippen LogP contribution in [0.15, 0.2) is 128 Å². The topological polar surface area (TPSA) is 264 Å². The van der Waals surface area contributed by atoms with E-state index in [4.69, 9.17) is 54.2 Å². The first-order valence-corrected chi connectivity index (χ1v) is 34.9. The van der Waals surface area contributed by atoms with Crippen molar-refractivity contribution in [3.8, 4) is 0 Å². The maximum atomic E-state index is 13.8. The van der Waals surface area contributed by atoms with Crippen LogP contribution in [0.2, 0.25) is 5.02 Å². The van der Waals surface area contributed by atoms with E-state index in [9.17, 15) is 36.7 Å². The Morgan fingerprint density at radius 2 is 0.925 bits per heavy atom. The van der Waals surface area contributed by atoms with Crippen LogP contribution in [0.5, 0.6) is 0 Å². The Balaban J connectivity index is 0.000000134. The van der Waals surface area contributed by atoms with E-state index in [2.05, 4.69) is 41.2 Å². The molecule has 0 bridgehead atoms. The molecule has 2 fully saturated rings. The van der Waals surface area contributed by atoms with Gasteiger partial charge in [-0.3, -0.25) is 4.79 Å². The average Bonchev–Trinajstić information content (AvgIpc) is 1.72. The van der Waals surface area contributed by atoms with Crippen molar-refractivity contribution in [3.05, 3.63) is 195 Å². The number of carbonyl (C=O) groups excluding carboxylic acids is 4. The van der Waals surface area contributed by atoms with Gasteiger partial charge in [-0.15, -0.1) is 0 Å². The van der Waals surface area contributed by atoms with Crippen molar-refractivity contribution in [3.63, 3.8) is 0 Å². The number of aromatic nitrogens is 4. The van der Waals surface area contributed by atoms with Gasteiger partial charge >= 0.3 is 18.3 Å². The van der Waals surface area contributed by atoms with Crippen molar-refractivity contribution < 1.29 is 79.4 Å². The summed E-state index contributed by atoms with van der Waals surface area (Å²) in [5.41, 5.74) is 8.06. The normalized spacial score (nSPS) is 16.9. The molecule has 25 nitrogen and oxygen atoms in total. The van der Waals surface area contributed by atoms with Gasteiger partial charge in [-0.25, -0.2) is 66.6 Å². The first-order chi connectivity index (χ1) is 51.0. The van der Waals surface area contributed by atoms with Crippen molar-refractivity contribution in [1.82, 2.24) is 19.9 Å². The van der Waals surface area contributed by atoms with Crippen molar-refractivity contribution >= 4 is 110 Å². The summed E-state index contributed by atoms with van der Waals surface area (Å²) in [4.78, 5) is 73.4. The van der Waals surface area contributed by atoms with Crippen LogP contribution in [0.25, 0.3) is 5.76 Å². The minimum atomic E-state index is -0.699. The molecule has 2 unspecified atom stereocenters. The zero-order valence-corrected chi connectivity index (χ0v) is 61.3. The largest absolute Gasteiger partial charge is 0.494 e. The lowest BCUT2D eigenvalue weighted by atomic mass is 10.1. The Hall–Kier alpha value is -10.9. The lowest BCUT2D eigenvalue weighted by Crippen LogP contribution is -2.34. The number of rotatable bonds is 3. The number of nitrogens with one attached hydrogen (secondary N) is 4. The van der Waals surface area contributed by atoms with Gasteiger partial charge in [0.1, 0.15) is 95.0 Å². The molecule has 4 amide bonds. The Kier molecular flexibility index (Phi) is 22.7. The fourth-order valence-corrected chi connectivity index (χ4v) is 12.3. The molecule has 11 heterocycles. The van der Waals surface area contributed by atoms with Crippen molar-refractivity contribution in [2.75, 3.05) is 93.7 Å². The van der Waals surface area contributed by atoms with Gasteiger partial charge in [-0.05, 0) is 158 Å². The highest BCUT2D eigenvalue weighted by Crippen LogP contribution is 2.45. The minimum absolute atomic E-state index is 0.127. The summed E-state index contributed by atoms with van der Waals surface area (Å²) in [7, 11) is 0. The summed E-state index contributed by atoms with van der Waals surface area (Å²) in [6, 6.07) is 27.4. The second kappa shape index (κ2) is 32.1. The predicted octanol–water partition coefficient (Wildman–Crippen LogP) is 16.7. The van der Waals surface area contributed by atoms with E-state index < -0.39 is 58.4 Å². The minimum Gasteiger partial charge on any atom is -0.494 e. The highest BCUT2D eigenvalue weighted by atomic mass is 35.5. The van der Waals surface area contributed by atoms with E-state index in [1.165, 1.54) is 45.9 Å². The molecule has 107 heavy (non-hydrogen) atoms. The molecular weight excluding hydrogens is 1410 g/mol. The number of fused-ring (bicyclic) bond motifs is 8. The van der Waals surface area contributed by atoms with Crippen LogP contribution in [0.1, 0.15) is 120 Å². The number of hydrogen-bond donors (Lipinski definition) is 4. The van der Waals surface area contributed by atoms with Gasteiger partial charge in [0, 0.05) is 59.4 Å². The van der Waals surface area contributed by atoms with Crippen molar-refractivity contribution in [2.45, 2.75) is 124 Å². The van der Waals surface area contributed by atoms with Gasteiger partial charge in [0.15, 0.2) is 5.76 Å². The van der Waals surface area contributed by atoms with Crippen LogP contribution in [-0.4, -0.2) is 114 Å². The third-order valence-corrected chi connectivity index (χ3v) is 17.0. The molecule has 2 saturated heterocycles. The van der Waals surface area contributed by atoms with Gasteiger partial charge in [-0.1, -0.05) is 23.7 Å². The lowest BCUT2D eigenvalue weighted by molar-refractivity contribution is -0.116. The number of nitrogens with zero attached hydrogens (tertiary/aromatic N) is 8. The van der Waals surface area contributed by atoms with E-state index in [0.717, 1.165) is 52.9 Å². The summed E-state index contributed by atoms with van der Waals surface area (Å²) in [6.07, 6.45) is 3.92. The standard InChI is InChI=1S/C21H24FN3O4.C21H22FN3O4.C18H18FN3O3.C17H17ClFN3O2/c2*1-21(2,3)29-20(26)25-17-5-4-13(18-12-27-6-7-28-18)9-16(17)23-10-14-8-15(22)11-24-19(14)25;1-11(23)22-9-13-6-14(19)8-20-18(13)21-15-3-2-12(7-16(15)22)17-10-24-4-5-25-17;1-17(2,3)24-16(23)22-14-5-4-11(18)7-13(14)20-8-10-6-12(19)9-21-15(10)22/h4-5,8-9,11,18,23H,6-7,10,12H2,1-3H3;4-5,8-9,11-12,23H,6-7,10H2,1-3H3;2-3,6-8,17H,4-5,9-10H2,1H3,(H,20,21);4-7,9,20H,8H2,1-3H3. The van der Waals surface area contributed by atoms with E-state index in [0.29, 0.717) is 163 Å². The third-order valence-electron chi connectivity index (χ3n) is 16.7. The van der Waals surface area contributed by atoms with Crippen LogP contribution in [0.4, 0.5) is 101 Å². The molecule has 0 aliphatic carbocycles. The maximum absolute atomic E-state index is 13.8. The summed E-state index contributed by atoms with van der Waals surface area (Å²) >= 11 is 6.05. The quantitative estimate of drug-likeness (QED) is 0.0946. The van der Waals surface area contributed by atoms with E-state index >= 15 is 0 Å². The summed E-state index contributed by atoms with van der Waals surface area (Å²) in [5, 5.41) is 13.4. The Labute approximate surface area is 620 Å². The van der Waals surface area contributed by atoms with Crippen LogP contribution in [0.3, 0.4) is 0 Å². The number of pyridine rings is 4. The van der Waals surface area contributed by atoms with Gasteiger partial charge < -0.3 is 68.8 Å². The molecule has 4 aromatic carbocycles. The number of anilines is 12. The van der Waals surface area contributed by atoms with Crippen LogP contribution in [0, 0.1) is 23.3 Å². The lowest BCUT2D eigenvalue weighted by Gasteiger charge is -2.28. The van der Waals surface area contributed by atoms with Crippen molar-refractivity contribution in [2.24, 2.45) is 0 Å². The highest BCUT2D eigenvalue weighted by Gasteiger charge is 2.37. The second-order valence-electron chi connectivity index (χ2n) is 28.3. The number of ether oxygens (including phenoxy) is 9. The maximum Gasteiger partial charge on any atom is 0.420 e. The van der Waals surface area contributed by atoms with E-state index in [-0.39, 0.29) is 24.7 Å². The molecule has 8 aromatic rings. The molecule has 4 N–H and O–H groups in total. The van der Waals surface area contributed by atoms with Gasteiger partial charge in [0.2, 0.25) is 5.91 Å². The van der Waals surface area contributed by atoms with E-state index in [1.807, 2.05) is 48.5 Å². The number of halogens is 5. The molecule has 7 aliphatic heterocycles. The molecule has 0 radical (unpaired) electrons. The summed E-state index contributed by atoms with van der Waals surface area (Å²) in [5.74, 6) is 0.206. The molecule has 562 valence electrons. The molecule has 0 spiro atoms.